The van der Waals surface area contributed by atoms with Gasteiger partial charge in [0.15, 0.2) is 0 Å². The summed E-state index contributed by atoms with van der Waals surface area (Å²) in [4.78, 5) is 0. The summed E-state index contributed by atoms with van der Waals surface area (Å²) < 4.78 is 15.9. The third kappa shape index (κ3) is 3.42. The van der Waals surface area contributed by atoms with Gasteiger partial charge in [-0.25, -0.2) is 4.39 Å². The van der Waals surface area contributed by atoms with Gasteiger partial charge in [0.1, 0.15) is 5.82 Å². The first-order valence-electron chi connectivity index (χ1n) is 6.16. The van der Waals surface area contributed by atoms with Crippen LogP contribution in [0.4, 0.5) is 4.39 Å². The number of halogens is 4. The zero-order valence-electron chi connectivity index (χ0n) is 10.8. The summed E-state index contributed by atoms with van der Waals surface area (Å²) in [6.07, 6.45) is 0. The molecule has 5 heteroatoms. The Morgan fingerprint density at radius 2 is 2.00 bits per heavy atom. The van der Waals surface area contributed by atoms with Gasteiger partial charge in [-0.2, -0.15) is 0 Å². The van der Waals surface area contributed by atoms with Crippen molar-refractivity contribution in [3.8, 4) is 0 Å². The first-order valence-corrected chi connectivity index (χ1v) is 8.13. The normalized spacial score (nSPS) is 12.4. The highest BCUT2D eigenvalue weighted by Gasteiger charge is 2.20. The fraction of sp³-hybridized carbons (Fsp3) is 0.200. The van der Waals surface area contributed by atoms with Crippen LogP contribution in [0.15, 0.2) is 45.3 Å². The number of benzene rings is 2. The maximum absolute atomic E-state index is 14.4. The Balaban J connectivity index is 2.51. The van der Waals surface area contributed by atoms with Gasteiger partial charge in [0, 0.05) is 14.5 Å². The van der Waals surface area contributed by atoms with Gasteiger partial charge in [-0.1, -0.05) is 52.7 Å². The molecule has 0 fully saturated rings. The molecule has 0 radical (unpaired) electrons. The van der Waals surface area contributed by atoms with Crippen LogP contribution in [-0.4, -0.2) is 6.54 Å². The maximum Gasteiger partial charge on any atom is 0.148 e. The highest BCUT2D eigenvalue weighted by atomic mass is 79.9. The topological polar surface area (TPSA) is 12.0 Å². The van der Waals surface area contributed by atoms with Crippen molar-refractivity contribution in [2.75, 3.05) is 6.54 Å². The summed E-state index contributed by atoms with van der Waals surface area (Å²) in [6, 6.07) is 11.1. The maximum atomic E-state index is 14.4. The van der Waals surface area contributed by atoms with E-state index < -0.39 is 5.82 Å². The Hall–Kier alpha value is -0.420. The Bertz CT molecular complexity index is 619. The van der Waals surface area contributed by atoms with Crippen molar-refractivity contribution in [1.29, 1.82) is 0 Å². The summed E-state index contributed by atoms with van der Waals surface area (Å²) in [5.41, 5.74) is 1.52. The van der Waals surface area contributed by atoms with Crippen LogP contribution < -0.4 is 5.32 Å². The molecule has 1 N–H and O–H groups in total. The molecule has 0 bridgehead atoms. The Labute approximate surface area is 139 Å². The van der Waals surface area contributed by atoms with Gasteiger partial charge >= 0.3 is 0 Å². The van der Waals surface area contributed by atoms with Crippen molar-refractivity contribution in [2.24, 2.45) is 0 Å². The van der Waals surface area contributed by atoms with Gasteiger partial charge in [0.05, 0.1) is 11.1 Å². The van der Waals surface area contributed by atoms with E-state index in [-0.39, 0.29) is 11.1 Å². The molecule has 106 valence electrons. The molecule has 2 aromatic rings. The van der Waals surface area contributed by atoms with Crippen LogP contribution in [0, 0.1) is 5.82 Å². The van der Waals surface area contributed by atoms with E-state index in [1.54, 1.807) is 12.1 Å². The monoisotopic (exact) mass is 419 g/mol. The lowest BCUT2D eigenvalue weighted by molar-refractivity contribution is 0.558. The van der Waals surface area contributed by atoms with E-state index in [2.05, 4.69) is 37.2 Å². The number of nitrogens with one attached hydrogen (secondary N) is 1. The Kier molecular flexibility index (Phi) is 5.61. The molecule has 0 amide bonds. The highest BCUT2D eigenvalue weighted by Crippen LogP contribution is 2.33. The van der Waals surface area contributed by atoms with Crippen molar-refractivity contribution in [3.63, 3.8) is 0 Å². The number of hydrogen-bond acceptors (Lipinski definition) is 1. The lowest BCUT2D eigenvalue weighted by Gasteiger charge is -2.20. The largest absolute Gasteiger partial charge is 0.306 e. The molecule has 0 spiro atoms. The van der Waals surface area contributed by atoms with Crippen LogP contribution in [0.1, 0.15) is 24.1 Å². The minimum absolute atomic E-state index is 0.111. The summed E-state index contributed by atoms with van der Waals surface area (Å²) >= 11 is 12.7. The average molecular weight is 422 g/mol. The van der Waals surface area contributed by atoms with Crippen LogP contribution in [0.5, 0.6) is 0 Å². The molecule has 0 saturated carbocycles. The van der Waals surface area contributed by atoms with Crippen LogP contribution in [0.25, 0.3) is 0 Å². The van der Waals surface area contributed by atoms with Gasteiger partial charge < -0.3 is 5.32 Å². The van der Waals surface area contributed by atoms with E-state index >= 15 is 0 Å². The minimum Gasteiger partial charge on any atom is -0.306 e. The smallest absolute Gasteiger partial charge is 0.148 e. The van der Waals surface area contributed by atoms with Crippen LogP contribution in [-0.2, 0) is 0 Å². The van der Waals surface area contributed by atoms with Crippen LogP contribution in [0.2, 0.25) is 5.02 Å². The van der Waals surface area contributed by atoms with E-state index in [1.807, 2.05) is 31.2 Å². The first-order chi connectivity index (χ1) is 9.54. The molecular formula is C15H13Br2ClFN. The fourth-order valence-electron chi connectivity index (χ4n) is 2.06. The lowest BCUT2D eigenvalue weighted by Crippen LogP contribution is -2.23. The molecule has 0 aromatic heterocycles. The SMILES string of the molecule is CCNC(c1cccc(Br)c1)c1ccc(Br)c(Cl)c1F. The Morgan fingerprint density at radius 3 is 2.65 bits per heavy atom. The van der Waals surface area contributed by atoms with Gasteiger partial charge in [-0.15, -0.1) is 0 Å². The zero-order valence-corrected chi connectivity index (χ0v) is 14.7. The third-order valence-corrected chi connectivity index (χ3v) is 4.72. The molecule has 20 heavy (non-hydrogen) atoms. The molecule has 2 aromatic carbocycles. The first kappa shape index (κ1) is 16.0. The quantitative estimate of drug-likeness (QED) is 0.624. The van der Waals surface area contributed by atoms with E-state index in [0.717, 1.165) is 16.6 Å². The molecule has 0 aliphatic heterocycles. The predicted octanol–water partition coefficient (Wildman–Crippen LogP) is 5.70. The standard InChI is InChI=1S/C15H13Br2ClFN/c1-2-20-15(9-4-3-5-10(16)8-9)11-6-7-12(17)13(18)14(11)19/h3-8,15,20H,2H2,1H3. The fourth-order valence-corrected chi connectivity index (χ4v) is 2.96. The van der Waals surface area contributed by atoms with Crippen molar-refractivity contribution in [2.45, 2.75) is 13.0 Å². The molecule has 0 aliphatic carbocycles. The van der Waals surface area contributed by atoms with E-state index in [9.17, 15) is 4.39 Å². The van der Waals surface area contributed by atoms with Crippen molar-refractivity contribution >= 4 is 43.5 Å². The van der Waals surface area contributed by atoms with Gasteiger partial charge in [-0.05, 0) is 46.2 Å². The second kappa shape index (κ2) is 7.03. The number of hydrogen-bond donors (Lipinski definition) is 1. The van der Waals surface area contributed by atoms with E-state index in [0.29, 0.717) is 10.0 Å². The average Bonchev–Trinajstić information content (AvgIpc) is 2.43. The second-order valence-corrected chi connectivity index (χ2v) is 6.46. The zero-order chi connectivity index (χ0) is 14.7. The van der Waals surface area contributed by atoms with Gasteiger partial charge in [0.2, 0.25) is 0 Å². The molecule has 1 nitrogen and oxygen atoms in total. The molecule has 1 unspecified atom stereocenters. The van der Waals surface area contributed by atoms with Crippen molar-refractivity contribution in [1.82, 2.24) is 5.32 Å². The van der Waals surface area contributed by atoms with Gasteiger partial charge in [0.25, 0.3) is 0 Å². The predicted molar refractivity (Wildman–Crippen MR) is 88.8 cm³/mol. The molecule has 1 atom stereocenters. The summed E-state index contributed by atoms with van der Waals surface area (Å²) in [5.74, 6) is -0.396. The van der Waals surface area contributed by atoms with Crippen molar-refractivity contribution in [3.05, 3.63) is 67.3 Å². The second-order valence-electron chi connectivity index (χ2n) is 4.31. The summed E-state index contributed by atoms with van der Waals surface area (Å²) in [7, 11) is 0. The molecule has 0 saturated heterocycles. The lowest BCUT2D eigenvalue weighted by atomic mass is 9.98. The Morgan fingerprint density at radius 1 is 1.25 bits per heavy atom. The molecular weight excluding hydrogens is 408 g/mol. The van der Waals surface area contributed by atoms with Crippen LogP contribution in [0.3, 0.4) is 0 Å². The molecule has 2 rings (SSSR count). The molecule has 0 aliphatic rings. The van der Waals surface area contributed by atoms with Gasteiger partial charge in [-0.3, -0.25) is 0 Å². The van der Waals surface area contributed by atoms with E-state index in [1.165, 1.54) is 0 Å². The highest BCUT2D eigenvalue weighted by molar-refractivity contribution is 9.10. The summed E-state index contributed by atoms with van der Waals surface area (Å²) in [5, 5.41) is 3.41. The minimum atomic E-state index is -0.396. The summed E-state index contributed by atoms with van der Waals surface area (Å²) in [6.45, 7) is 2.72. The van der Waals surface area contributed by atoms with Crippen LogP contribution >= 0.6 is 43.5 Å². The molecule has 0 heterocycles. The van der Waals surface area contributed by atoms with Crippen molar-refractivity contribution < 1.29 is 4.39 Å². The third-order valence-electron chi connectivity index (χ3n) is 2.97. The van der Waals surface area contributed by atoms with E-state index in [4.69, 9.17) is 11.6 Å². The number of rotatable bonds is 4.